The molecule has 100 valence electrons. The number of benzene rings is 2. The molecule has 1 aromatic heterocycles. The Morgan fingerprint density at radius 2 is 1.85 bits per heavy atom. The van der Waals surface area contributed by atoms with Gasteiger partial charge in [-0.25, -0.2) is 4.98 Å². The summed E-state index contributed by atoms with van der Waals surface area (Å²) in [5, 5.41) is 3.42. The van der Waals surface area contributed by atoms with E-state index in [1.165, 1.54) is 5.56 Å². The fraction of sp³-hybridized carbons (Fsp3) is 0.0625. The van der Waals surface area contributed by atoms with Gasteiger partial charge in [-0.05, 0) is 45.8 Å². The fourth-order valence-electron chi connectivity index (χ4n) is 2.00. The summed E-state index contributed by atoms with van der Waals surface area (Å²) in [6.07, 6.45) is 5.52. The van der Waals surface area contributed by atoms with Crippen LogP contribution in [0.15, 0.2) is 71.7 Å². The van der Waals surface area contributed by atoms with Gasteiger partial charge in [-0.1, -0.05) is 24.3 Å². The second-order valence-corrected chi connectivity index (χ2v) is 5.32. The highest BCUT2D eigenvalue weighted by molar-refractivity contribution is 9.10. The minimum atomic E-state index is 0.798. The van der Waals surface area contributed by atoms with Crippen LogP contribution in [0.5, 0.6) is 0 Å². The molecule has 1 N–H and O–H groups in total. The Hall–Kier alpha value is -2.07. The molecule has 0 saturated carbocycles. The maximum Gasteiger partial charge on any atom is 0.0991 e. The highest BCUT2D eigenvalue weighted by atomic mass is 79.9. The summed E-state index contributed by atoms with van der Waals surface area (Å²) < 4.78 is 3.07. The molecule has 2 aromatic carbocycles. The van der Waals surface area contributed by atoms with Crippen LogP contribution in [0.1, 0.15) is 5.56 Å². The van der Waals surface area contributed by atoms with Crippen molar-refractivity contribution in [1.29, 1.82) is 0 Å². The molecule has 0 bridgehead atoms. The van der Waals surface area contributed by atoms with E-state index in [4.69, 9.17) is 0 Å². The van der Waals surface area contributed by atoms with Gasteiger partial charge in [0, 0.05) is 34.8 Å². The van der Waals surface area contributed by atoms with Crippen molar-refractivity contribution in [3.63, 3.8) is 0 Å². The van der Waals surface area contributed by atoms with E-state index in [1.807, 2.05) is 29.0 Å². The summed E-state index contributed by atoms with van der Waals surface area (Å²) >= 11 is 3.53. The third-order valence-electron chi connectivity index (χ3n) is 3.10. The Labute approximate surface area is 126 Å². The molecule has 3 rings (SSSR count). The molecule has 1 heterocycles. The van der Waals surface area contributed by atoms with E-state index in [0.29, 0.717) is 0 Å². The molecule has 4 heteroatoms. The summed E-state index contributed by atoms with van der Waals surface area (Å²) in [6, 6.07) is 16.6. The monoisotopic (exact) mass is 327 g/mol. The molecule has 0 unspecified atom stereocenters. The number of hydrogen-bond acceptors (Lipinski definition) is 2. The third-order valence-corrected chi connectivity index (χ3v) is 3.79. The van der Waals surface area contributed by atoms with Crippen molar-refractivity contribution < 1.29 is 0 Å². The van der Waals surface area contributed by atoms with Gasteiger partial charge in [0.15, 0.2) is 0 Å². The number of rotatable bonds is 4. The van der Waals surface area contributed by atoms with Crippen LogP contribution in [0, 0.1) is 0 Å². The lowest BCUT2D eigenvalue weighted by Crippen LogP contribution is -2.00. The summed E-state index contributed by atoms with van der Waals surface area (Å²) in [7, 11) is 0. The average Bonchev–Trinajstić information content (AvgIpc) is 3.01. The first-order valence-electron chi connectivity index (χ1n) is 6.38. The lowest BCUT2D eigenvalue weighted by Gasteiger charge is -2.09. The number of para-hydroxylation sites is 1. The molecule has 0 radical (unpaired) electrons. The van der Waals surface area contributed by atoms with Crippen molar-refractivity contribution in [1.82, 2.24) is 9.55 Å². The second-order valence-electron chi connectivity index (χ2n) is 4.47. The van der Waals surface area contributed by atoms with Crippen LogP contribution in [-0.4, -0.2) is 9.55 Å². The lowest BCUT2D eigenvalue weighted by atomic mass is 10.2. The molecule has 0 fully saturated rings. The Bertz CT molecular complexity index is 675. The molecule has 0 aliphatic heterocycles. The Balaban J connectivity index is 1.68. The average molecular weight is 328 g/mol. The zero-order valence-electron chi connectivity index (χ0n) is 10.8. The fourth-order valence-corrected chi connectivity index (χ4v) is 2.42. The number of aromatic nitrogens is 2. The first-order valence-corrected chi connectivity index (χ1v) is 7.18. The lowest BCUT2D eigenvalue weighted by molar-refractivity contribution is 1.05. The molecule has 0 spiro atoms. The van der Waals surface area contributed by atoms with Crippen LogP contribution >= 0.6 is 15.9 Å². The Kier molecular flexibility index (Phi) is 3.83. The first-order chi connectivity index (χ1) is 9.83. The molecule has 0 aliphatic rings. The highest BCUT2D eigenvalue weighted by Gasteiger charge is 1.99. The van der Waals surface area contributed by atoms with Gasteiger partial charge in [-0.3, -0.25) is 0 Å². The predicted molar refractivity (Wildman–Crippen MR) is 85.0 cm³/mol. The molecule has 3 aromatic rings. The van der Waals surface area contributed by atoms with Crippen molar-refractivity contribution in [2.75, 3.05) is 5.32 Å². The van der Waals surface area contributed by atoms with Crippen LogP contribution in [0.3, 0.4) is 0 Å². The number of imidazole rings is 1. The quantitative estimate of drug-likeness (QED) is 0.776. The standard InChI is InChI=1S/C16H14BrN3/c17-15-3-1-2-4-16(15)19-11-13-5-7-14(8-6-13)20-10-9-18-12-20/h1-10,12,19H,11H2. The molecule has 0 amide bonds. The SMILES string of the molecule is Brc1ccccc1NCc1ccc(-n2ccnc2)cc1. The minimum Gasteiger partial charge on any atom is -0.380 e. The largest absolute Gasteiger partial charge is 0.380 e. The van der Waals surface area contributed by atoms with E-state index in [2.05, 4.69) is 56.6 Å². The minimum absolute atomic E-state index is 0.798. The zero-order chi connectivity index (χ0) is 13.8. The smallest absolute Gasteiger partial charge is 0.0991 e. The summed E-state index contributed by atoms with van der Waals surface area (Å²) in [5.41, 5.74) is 3.46. The molecule has 20 heavy (non-hydrogen) atoms. The topological polar surface area (TPSA) is 29.9 Å². The summed E-state index contributed by atoms with van der Waals surface area (Å²) in [4.78, 5) is 4.05. The van der Waals surface area contributed by atoms with Gasteiger partial charge < -0.3 is 9.88 Å². The van der Waals surface area contributed by atoms with Crippen molar-refractivity contribution >= 4 is 21.6 Å². The normalized spacial score (nSPS) is 10.4. The van der Waals surface area contributed by atoms with Gasteiger partial charge in [0.05, 0.1) is 6.33 Å². The Morgan fingerprint density at radius 3 is 2.55 bits per heavy atom. The van der Waals surface area contributed by atoms with Crippen LogP contribution < -0.4 is 5.32 Å². The van der Waals surface area contributed by atoms with Crippen LogP contribution in [-0.2, 0) is 6.54 Å². The summed E-state index contributed by atoms with van der Waals surface area (Å²) in [5.74, 6) is 0. The van der Waals surface area contributed by atoms with Crippen LogP contribution in [0.2, 0.25) is 0 Å². The summed E-state index contributed by atoms with van der Waals surface area (Å²) in [6.45, 7) is 0.798. The van der Waals surface area contributed by atoms with E-state index in [0.717, 1.165) is 22.4 Å². The van der Waals surface area contributed by atoms with Gasteiger partial charge in [0.1, 0.15) is 0 Å². The van der Waals surface area contributed by atoms with E-state index >= 15 is 0 Å². The third kappa shape index (κ3) is 2.91. The highest BCUT2D eigenvalue weighted by Crippen LogP contribution is 2.22. The van der Waals surface area contributed by atoms with Gasteiger partial charge in [0.2, 0.25) is 0 Å². The van der Waals surface area contributed by atoms with E-state index in [1.54, 1.807) is 12.5 Å². The molecular weight excluding hydrogens is 314 g/mol. The van der Waals surface area contributed by atoms with E-state index in [9.17, 15) is 0 Å². The molecule has 0 saturated heterocycles. The van der Waals surface area contributed by atoms with Gasteiger partial charge >= 0.3 is 0 Å². The number of nitrogens with zero attached hydrogens (tertiary/aromatic N) is 2. The van der Waals surface area contributed by atoms with E-state index in [-0.39, 0.29) is 0 Å². The first kappa shape index (κ1) is 12.9. The van der Waals surface area contributed by atoms with Crippen molar-refractivity contribution in [2.24, 2.45) is 0 Å². The zero-order valence-corrected chi connectivity index (χ0v) is 12.4. The van der Waals surface area contributed by atoms with Crippen molar-refractivity contribution in [3.05, 3.63) is 77.3 Å². The van der Waals surface area contributed by atoms with Crippen molar-refractivity contribution in [2.45, 2.75) is 6.54 Å². The number of nitrogens with one attached hydrogen (secondary N) is 1. The maximum atomic E-state index is 4.05. The van der Waals surface area contributed by atoms with Gasteiger partial charge in [0.25, 0.3) is 0 Å². The van der Waals surface area contributed by atoms with Crippen LogP contribution in [0.4, 0.5) is 5.69 Å². The predicted octanol–water partition coefficient (Wildman–Crippen LogP) is 4.25. The Morgan fingerprint density at radius 1 is 1.05 bits per heavy atom. The number of hydrogen-bond donors (Lipinski definition) is 1. The second kappa shape index (κ2) is 5.92. The van der Waals surface area contributed by atoms with Gasteiger partial charge in [-0.2, -0.15) is 0 Å². The van der Waals surface area contributed by atoms with E-state index < -0.39 is 0 Å². The molecule has 3 nitrogen and oxygen atoms in total. The van der Waals surface area contributed by atoms with Crippen LogP contribution in [0.25, 0.3) is 5.69 Å². The number of halogens is 1. The molecule has 0 atom stereocenters. The van der Waals surface area contributed by atoms with Crippen molar-refractivity contribution in [3.8, 4) is 5.69 Å². The molecule has 0 aliphatic carbocycles. The molecular formula is C16H14BrN3. The van der Waals surface area contributed by atoms with Gasteiger partial charge in [-0.15, -0.1) is 0 Å². The number of anilines is 1. The maximum absolute atomic E-state index is 4.05.